The highest BCUT2D eigenvalue weighted by Crippen LogP contribution is 2.28. The first-order valence-electron chi connectivity index (χ1n) is 10.4. The Morgan fingerprint density at radius 1 is 0.944 bits per heavy atom. The number of aromatic carboxylic acids is 1. The predicted octanol–water partition coefficient (Wildman–Crippen LogP) is 3.13. The van der Waals surface area contributed by atoms with Gasteiger partial charge in [-0.15, -0.1) is 0 Å². The molecule has 0 saturated carbocycles. The number of benzene rings is 3. The molecular weight excluding hydrogens is 488 g/mol. The lowest BCUT2D eigenvalue weighted by Crippen LogP contribution is -2.54. The van der Waals surface area contributed by atoms with Crippen LogP contribution < -0.4 is 14.4 Å². The van der Waals surface area contributed by atoms with Crippen LogP contribution in [0.4, 0.5) is 10.5 Å². The van der Waals surface area contributed by atoms with E-state index in [-0.39, 0.29) is 27.5 Å². The van der Waals surface area contributed by atoms with Crippen LogP contribution in [-0.4, -0.2) is 37.3 Å². The van der Waals surface area contributed by atoms with Crippen LogP contribution >= 0.6 is 0 Å². The molecule has 1 saturated heterocycles. The minimum Gasteiger partial charge on any atom is -0.478 e. The number of carboxylic acid groups (broad SMARTS) is 1. The minimum absolute atomic E-state index is 0.0346. The molecule has 4 rings (SSSR count). The van der Waals surface area contributed by atoms with E-state index in [1.165, 1.54) is 54.6 Å². The molecule has 0 atom stereocenters. The number of nitrogens with zero attached hydrogens (tertiary/aromatic N) is 1. The van der Waals surface area contributed by atoms with E-state index in [4.69, 9.17) is 9.29 Å². The summed E-state index contributed by atoms with van der Waals surface area (Å²) in [5, 5.41) is 11.1. The maximum atomic E-state index is 13.1. The molecule has 1 heterocycles. The highest BCUT2D eigenvalue weighted by Gasteiger charge is 2.37. The Hall–Kier alpha value is -4.77. The molecule has 36 heavy (non-hydrogen) atoms. The third-order valence-corrected chi connectivity index (χ3v) is 6.45. The normalized spacial score (nSPS) is 15.1. The molecular formula is C25H18N2O8S. The van der Waals surface area contributed by atoms with Crippen molar-refractivity contribution in [2.24, 2.45) is 0 Å². The van der Waals surface area contributed by atoms with E-state index in [9.17, 15) is 27.6 Å². The Morgan fingerprint density at radius 2 is 1.58 bits per heavy atom. The topological polar surface area (TPSA) is 147 Å². The highest BCUT2D eigenvalue weighted by atomic mass is 32.2. The molecule has 3 aromatic carbocycles. The maximum absolute atomic E-state index is 13.1. The van der Waals surface area contributed by atoms with Crippen LogP contribution in [0.5, 0.6) is 5.75 Å². The van der Waals surface area contributed by atoms with Crippen molar-refractivity contribution in [3.63, 3.8) is 0 Å². The van der Waals surface area contributed by atoms with E-state index in [1.54, 1.807) is 25.1 Å². The van der Waals surface area contributed by atoms with Crippen molar-refractivity contribution in [2.75, 3.05) is 4.90 Å². The van der Waals surface area contributed by atoms with Gasteiger partial charge in [0.25, 0.3) is 11.8 Å². The fourth-order valence-corrected chi connectivity index (χ4v) is 4.30. The predicted molar refractivity (Wildman–Crippen MR) is 128 cm³/mol. The first-order chi connectivity index (χ1) is 17.1. The molecule has 182 valence electrons. The van der Waals surface area contributed by atoms with Gasteiger partial charge in [-0.25, -0.2) is 14.5 Å². The summed E-state index contributed by atoms with van der Waals surface area (Å²) in [7, 11) is -4.22. The molecule has 3 aromatic rings. The lowest BCUT2D eigenvalue weighted by Gasteiger charge is -2.26. The van der Waals surface area contributed by atoms with E-state index < -0.39 is 39.5 Å². The molecule has 0 bridgehead atoms. The number of carbonyl (C=O) groups is 4. The second-order valence-corrected chi connectivity index (χ2v) is 9.24. The van der Waals surface area contributed by atoms with Gasteiger partial charge in [0.15, 0.2) is 0 Å². The van der Waals surface area contributed by atoms with Gasteiger partial charge in [0.05, 0.1) is 11.3 Å². The van der Waals surface area contributed by atoms with Gasteiger partial charge in [0, 0.05) is 5.56 Å². The first kappa shape index (κ1) is 24.4. The Labute approximate surface area is 205 Å². The van der Waals surface area contributed by atoms with E-state index in [1.807, 2.05) is 5.32 Å². The molecule has 0 radical (unpaired) electrons. The summed E-state index contributed by atoms with van der Waals surface area (Å²) in [6.07, 6.45) is 1.11. The zero-order valence-corrected chi connectivity index (χ0v) is 19.5. The van der Waals surface area contributed by atoms with Crippen molar-refractivity contribution in [1.82, 2.24) is 5.32 Å². The summed E-state index contributed by atoms with van der Waals surface area (Å²) in [5.74, 6) is -3.30. The number of nitrogens with one attached hydrogen (secondary N) is 1. The van der Waals surface area contributed by atoms with Crippen LogP contribution in [0.3, 0.4) is 0 Å². The summed E-state index contributed by atoms with van der Waals surface area (Å²) in [6.45, 7) is 1.81. The summed E-state index contributed by atoms with van der Waals surface area (Å²) in [5.41, 5.74) is 0.476. The molecule has 0 aromatic heterocycles. The van der Waals surface area contributed by atoms with Crippen molar-refractivity contribution in [3.05, 3.63) is 95.1 Å². The number of urea groups is 1. The zero-order chi connectivity index (χ0) is 26.0. The molecule has 10 nitrogen and oxygen atoms in total. The zero-order valence-electron chi connectivity index (χ0n) is 18.7. The lowest BCUT2D eigenvalue weighted by atomic mass is 10.1. The SMILES string of the molecule is Cc1ccc(S(=O)(=O)Oc2ccccc2/C=C2\C(=O)NC(=O)N(c3ccc(C(=O)O)cc3)C2=O)cc1. The summed E-state index contributed by atoms with van der Waals surface area (Å²) >= 11 is 0. The van der Waals surface area contributed by atoms with Crippen molar-refractivity contribution < 1.29 is 36.9 Å². The lowest BCUT2D eigenvalue weighted by molar-refractivity contribution is -0.122. The molecule has 1 aliphatic rings. The number of hydrogen-bond donors (Lipinski definition) is 2. The highest BCUT2D eigenvalue weighted by molar-refractivity contribution is 7.87. The average Bonchev–Trinajstić information content (AvgIpc) is 2.83. The quantitative estimate of drug-likeness (QED) is 0.294. The van der Waals surface area contributed by atoms with E-state index >= 15 is 0 Å². The van der Waals surface area contributed by atoms with Crippen LogP contribution in [0.15, 0.2) is 83.3 Å². The molecule has 1 aliphatic heterocycles. The van der Waals surface area contributed by atoms with E-state index in [0.717, 1.165) is 11.6 Å². The number of imide groups is 2. The number of aryl methyl sites for hydroxylation is 1. The molecule has 4 amide bonds. The fourth-order valence-electron chi connectivity index (χ4n) is 3.35. The van der Waals surface area contributed by atoms with Crippen LogP contribution in [-0.2, 0) is 19.7 Å². The molecule has 1 fully saturated rings. The second-order valence-electron chi connectivity index (χ2n) is 7.70. The molecule has 0 spiro atoms. The number of barbiturate groups is 1. The van der Waals surface area contributed by atoms with Crippen molar-refractivity contribution in [1.29, 1.82) is 0 Å². The van der Waals surface area contributed by atoms with Gasteiger partial charge >= 0.3 is 22.1 Å². The summed E-state index contributed by atoms with van der Waals surface area (Å²) in [4.78, 5) is 49.7. The third-order valence-electron chi connectivity index (χ3n) is 5.20. The number of para-hydroxylation sites is 1. The third kappa shape index (κ3) is 4.86. The molecule has 0 aliphatic carbocycles. The van der Waals surface area contributed by atoms with Gasteiger partial charge in [-0.2, -0.15) is 8.42 Å². The average molecular weight is 506 g/mol. The smallest absolute Gasteiger partial charge is 0.339 e. The molecule has 2 N–H and O–H groups in total. The minimum atomic E-state index is -4.22. The molecule has 11 heteroatoms. The fraction of sp³-hybridized carbons (Fsp3) is 0.0400. The van der Waals surface area contributed by atoms with Crippen LogP contribution in [0.2, 0.25) is 0 Å². The van der Waals surface area contributed by atoms with E-state index in [0.29, 0.717) is 4.90 Å². The van der Waals surface area contributed by atoms with Gasteiger partial charge in [0.1, 0.15) is 16.2 Å². The number of rotatable bonds is 6. The van der Waals surface area contributed by atoms with Crippen molar-refractivity contribution >= 4 is 45.7 Å². The Balaban J connectivity index is 1.69. The molecule has 0 unspecified atom stereocenters. The van der Waals surface area contributed by atoms with Crippen molar-refractivity contribution in [3.8, 4) is 5.75 Å². The number of amides is 4. The van der Waals surface area contributed by atoms with Gasteiger partial charge in [-0.1, -0.05) is 35.9 Å². The Kier molecular flexibility index (Phi) is 6.41. The maximum Gasteiger partial charge on any atom is 0.339 e. The number of carboxylic acids is 1. The summed E-state index contributed by atoms with van der Waals surface area (Å²) in [6, 6.07) is 15.8. The van der Waals surface area contributed by atoms with Gasteiger partial charge < -0.3 is 9.29 Å². The van der Waals surface area contributed by atoms with Gasteiger partial charge in [0.2, 0.25) is 0 Å². The largest absolute Gasteiger partial charge is 0.478 e. The standard InChI is InChI=1S/C25H18N2O8S/c1-15-6-12-19(13-7-15)36(33,34)35-21-5-3-2-4-17(21)14-20-22(28)26-25(32)27(23(20)29)18-10-8-16(9-11-18)24(30)31/h2-14H,1H3,(H,30,31)(H,26,28,32)/b20-14+. The number of anilines is 1. The Morgan fingerprint density at radius 3 is 2.22 bits per heavy atom. The number of carbonyl (C=O) groups excluding carboxylic acids is 3. The van der Waals surface area contributed by atoms with Gasteiger partial charge in [-0.05, 0) is 55.5 Å². The Bertz CT molecular complexity index is 1520. The van der Waals surface area contributed by atoms with Crippen LogP contribution in [0.25, 0.3) is 6.08 Å². The van der Waals surface area contributed by atoms with Crippen LogP contribution in [0.1, 0.15) is 21.5 Å². The van der Waals surface area contributed by atoms with Crippen LogP contribution in [0, 0.1) is 6.92 Å². The van der Waals surface area contributed by atoms with Crippen molar-refractivity contribution in [2.45, 2.75) is 11.8 Å². The van der Waals surface area contributed by atoms with E-state index in [2.05, 4.69) is 0 Å². The summed E-state index contributed by atoms with van der Waals surface area (Å²) < 4.78 is 30.8. The first-order valence-corrected chi connectivity index (χ1v) is 11.8. The second kappa shape index (κ2) is 9.47. The van der Waals surface area contributed by atoms with Gasteiger partial charge in [-0.3, -0.25) is 14.9 Å². The number of hydrogen-bond acceptors (Lipinski definition) is 7. The monoisotopic (exact) mass is 506 g/mol.